The number of unbranched alkanes of at least 4 members (excludes halogenated alkanes) is 2. The molecule has 28 heavy (non-hydrogen) atoms. The Morgan fingerprint density at radius 1 is 1.25 bits per heavy atom. The van der Waals surface area contributed by atoms with E-state index in [0.717, 1.165) is 31.4 Å². The van der Waals surface area contributed by atoms with Crippen LogP contribution in [0.25, 0.3) is 0 Å². The highest BCUT2D eigenvalue weighted by Crippen LogP contribution is 2.39. The molecular weight excluding hydrogens is 370 g/mol. The van der Waals surface area contributed by atoms with Gasteiger partial charge in [-0.05, 0) is 31.7 Å². The quantitative estimate of drug-likeness (QED) is 0.612. The maximum absolute atomic E-state index is 12.6. The predicted octanol–water partition coefficient (Wildman–Crippen LogP) is 4.05. The van der Waals surface area contributed by atoms with Crippen LogP contribution in [0.3, 0.4) is 0 Å². The summed E-state index contributed by atoms with van der Waals surface area (Å²) < 4.78 is 0. The van der Waals surface area contributed by atoms with Gasteiger partial charge in [-0.1, -0.05) is 56.0 Å². The number of benzene rings is 1. The number of hydrogen-bond donors (Lipinski definition) is 2. The minimum absolute atomic E-state index is 0.0275. The molecule has 1 aromatic rings. The number of amides is 3. The molecule has 1 aliphatic heterocycles. The van der Waals surface area contributed by atoms with Crippen molar-refractivity contribution in [2.45, 2.75) is 70.3 Å². The van der Waals surface area contributed by atoms with Crippen molar-refractivity contribution in [3.8, 4) is 0 Å². The van der Waals surface area contributed by atoms with Crippen LogP contribution in [-0.2, 0) is 11.3 Å². The molecule has 1 aromatic carbocycles. The fourth-order valence-corrected chi connectivity index (χ4v) is 5.44. The molecule has 1 heterocycles. The molecule has 3 unspecified atom stereocenters. The maximum Gasteiger partial charge on any atom is 0.318 e. The van der Waals surface area contributed by atoms with Crippen LogP contribution in [0, 0.1) is 12.8 Å². The van der Waals surface area contributed by atoms with Gasteiger partial charge >= 0.3 is 6.03 Å². The lowest BCUT2D eigenvalue weighted by Crippen LogP contribution is -2.59. The number of fused-ring (bicyclic) bond motifs is 1. The van der Waals surface area contributed by atoms with Gasteiger partial charge in [0.15, 0.2) is 0 Å². The third-order valence-corrected chi connectivity index (χ3v) is 7.11. The van der Waals surface area contributed by atoms with Crippen molar-refractivity contribution in [3.05, 3.63) is 35.4 Å². The lowest BCUT2D eigenvalue weighted by molar-refractivity contribution is -0.118. The molecule has 5 nitrogen and oxygen atoms in total. The van der Waals surface area contributed by atoms with Crippen molar-refractivity contribution >= 4 is 23.7 Å². The van der Waals surface area contributed by atoms with Crippen LogP contribution in [0.15, 0.2) is 24.3 Å². The highest BCUT2D eigenvalue weighted by Gasteiger charge is 2.44. The van der Waals surface area contributed by atoms with Gasteiger partial charge in [0.1, 0.15) is 0 Å². The minimum Gasteiger partial charge on any atom is -0.351 e. The van der Waals surface area contributed by atoms with Crippen LogP contribution in [0.5, 0.6) is 0 Å². The summed E-state index contributed by atoms with van der Waals surface area (Å²) in [5.74, 6) is 0.865. The topological polar surface area (TPSA) is 61.4 Å². The molecule has 3 rings (SSSR count). The van der Waals surface area contributed by atoms with Crippen LogP contribution in [0.4, 0.5) is 4.79 Å². The van der Waals surface area contributed by atoms with Gasteiger partial charge in [0.25, 0.3) is 0 Å². The van der Waals surface area contributed by atoms with Crippen molar-refractivity contribution in [2.75, 3.05) is 12.3 Å². The van der Waals surface area contributed by atoms with E-state index < -0.39 is 0 Å². The average molecular weight is 404 g/mol. The lowest BCUT2D eigenvalue weighted by Gasteiger charge is -2.42. The van der Waals surface area contributed by atoms with E-state index in [4.69, 9.17) is 0 Å². The first kappa shape index (κ1) is 21.0. The summed E-state index contributed by atoms with van der Waals surface area (Å²) in [6.45, 7) is 5.65. The molecule has 2 N–H and O–H groups in total. The van der Waals surface area contributed by atoms with Gasteiger partial charge < -0.3 is 15.5 Å². The van der Waals surface area contributed by atoms with Crippen molar-refractivity contribution in [2.24, 2.45) is 5.92 Å². The van der Waals surface area contributed by atoms with Crippen LogP contribution < -0.4 is 10.6 Å². The summed E-state index contributed by atoms with van der Waals surface area (Å²) in [4.78, 5) is 27.0. The van der Waals surface area contributed by atoms with Crippen molar-refractivity contribution in [1.82, 2.24) is 15.5 Å². The first-order valence-corrected chi connectivity index (χ1v) is 11.6. The molecule has 3 amide bonds. The van der Waals surface area contributed by atoms with E-state index in [-0.39, 0.29) is 17.3 Å². The monoisotopic (exact) mass is 403 g/mol. The minimum atomic E-state index is 0.0275. The van der Waals surface area contributed by atoms with Crippen LogP contribution in [-0.4, -0.2) is 40.6 Å². The van der Waals surface area contributed by atoms with E-state index in [1.165, 1.54) is 24.8 Å². The van der Waals surface area contributed by atoms with Gasteiger partial charge in [-0.3, -0.25) is 4.79 Å². The molecule has 0 bridgehead atoms. The number of hydrogen-bond acceptors (Lipinski definition) is 3. The summed E-state index contributed by atoms with van der Waals surface area (Å²) in [6, 6.07) is 8.59. The fraction of sp³-hybridized carbons (Fsp3) is 0.636. The Hall–Kier alpha value is -1.69. The number of urea groups is 1. The van der Waals surface area contributed by atoms with Gasteiger partial charge in [-0.25, -0.2) is 4.79 Å². The molecule has 1 aliphatic carbocycles. The van der Waals surface area contributed by atoms with Gasteiger partial charge in [0, 0.05) is 25.0 Å². The third kappa shape index (κ3) is 5.43. The maximum atomic E-state index is 12.6. The van der Waals surface area contributed by atoms with E-state index in [1.807, 2.05) is 12.1 Å². The van der Waals surface area contributed by atoms with Crippen LogP contribution in [0.2, 0.25) is 0 Å². The Morgan fingerprint density at radius 2 is 2.04 bits per heavy atom. The predicted molar refractivity (Wildman–Crippen MR) is 115 cm³/mol. The molecule has 2 aliphatic rings. The average Bonchev–Trinajstić information content (AvgIpc) is 3.17. The molecule has 1 saturated heterocycles. The standard InChI is InChI=1S/C22H33N3O2S/c1-3-4-5-13-25-19-8-6-7-18(19)21(24-22(25)27)28-15-20(26)23-14-17-11-9-16(2)10-12-17/h9-12,18-19,21H,3-8,13-15H2,1-2H3,(H,23,26)(H,24,27). The molecular formula is C22H33N3O2S. The smallest absolute Gasteiger partial charge is 0.318 e. The van der Waals surface area contributed by atoms with Gasteiger partial charge in [-0.2, -0.15) is 0 Å². The zero-order valence-electron chi connectivity index (χ0n) is 17.1. The second-order valence-electron chi connectivity index (χ2n) is 8.01. The fourth-order valence-electron chi connectivity index (χ4n) is 4.26. The largest absolute Gasteiger partial charge is 0.351 e. The molecule has 2 fully saturated rings. The summed E-state index contributed by atoms with van der Waals surface area (Å²) in [5, 5.41) is 6.21. The van der Waals surface area contributed by atoms with E-state index in [2.05, 4.69) is 41.5 Å². The number of carbonyl (C=O) groups excluding carboxylic acids is 2. The summed E-state index contributed by atoms with van der Waals surface area (Å²) in [5.41, 5.74) is 2.32. The third-order valence-electron chi connectivity index (χ3n) is 5.85. The molecule has 154 valence electrons. The Balaban J connectivity index is 1.47. The Morgan fingerprint density at radius 3 is 2.79 bits per heavy atom. The number of carbonyl (C=O) groups is 2. The SMILES string of the molecule is CCCCCN1C(=O)NC(SCC(=O)NCc2ccc(C)cc2)C2CCCC21. The summed E-state index contributed by atoms with van der Waals surface area (Å²) >= 11 is 1.58. The summed E-state index contributed by atoms with van der Waals surface area (Å²) in [7, 11) is 0. The molecule has 0 aromatic heterocycles. The number of rotatable bonds is 9. The molecule has 6 heteroatoms. The zero-order chi connectivity index (χ0) is 19.9. The second-order valence-corrected chi connectivity index (χ2v) is 9.14. The van der Waals surface area contributed by atoms with Crippen molar-refractivity contribution < 1.29 is 9.59 Å². The van der Waals surface area contributed by atoms with Gasteiger partial charge in [-0.15, -0.1) is 11.8 Å². The van der Waals surface area contributed by atoms with E-state index >= 15 is 0 Å². The molecule has 1 saturated carbocycles. The lowest BCUT2D eigenvalue weighted by atomic mass is 9.99. The molecule has 0 spiro atoms. The number of aryl methyl sites for hydroxylation is 1. The van der Waals surface area contributed by atoms with Crippen LogP contribution >= 0.6 is 11.8 Å². The summed E-state index contributed by atoms with van der Waals surface area (Å²) in [6.07, 6.45) is 6.82. The van der Waals surface area contributed by atoms with Crippen molar-refractivity contribution in [1.29, 1.82) is 0 Å². The normalized spacial score (nSPS) is 24.0. The highest BCUT2D eigenvalue weighted by molar-refractivity contribution is 8.00. The Kier molecular flexibility index (Phi) is 7.65. The first-order valence-electron chi connectivity index (χ1n) is 10.6. The molecule has 0 radical (unpaired) electrons. The van der Waals surface area contributed by atoms with E-state index in [1.54, 1.807) is 11.8 Å². The first-order chi connectivity index (χ1) is 13.6. The second kappa shape index (κ2) is 10.2. The Bertz CT molecular complexity index is 664. The van der Waals surface area contributed by atoms with E-state index in [9.17, 15) is 9.59 Å². The Labute approximate surface area is 173 Å². The van der Waals surface area contributed by atoms with E-state index in [0.29, 0.717) is 24.3 Å². The zero-order valence-corrected chi connectivity index (χ0v) is 17.9. The highest BCUT2D eigenvalue weighted by atomic mass is 32.2. The number of thioether (sulfide) groups is 1. The van der Waals surface area contributed by atoms with Crippen molar-refractivity contribution in [3.63, 3.8) is 0 Å². The van der Waals surface area contributed by atoms with Crippen LogP contribution in [0.1, 0.15) is 56.6 Å². The molecule has 3 atom stereocenters. The number of nitrogens with zero attached hydrogens (tertiary/aromatic N) is 1. The van der Waals surface area contributed by atoms with Gasteiger partial charge in [0.05, 0.1) is 11.1 Å². The van der Waals surface area contributed by atoms with Gasteiger partial charge in [0.2, 0.25) is 5.91 Å². The number of nitrogens with one attached hydrogen (secondary N) is 2.